The molecule has 0 aliphatic heterocycles. The van der Waals surface area contributed by atoms with Crippen molar-refractivity contribution in [1.82, 2.24) is 10.6 Å². The van der Waals surface area contributed by atoms with Gasteiger partial charge in [0.2, 0.25) is 0 Å². The van der Waals surface area contributed by atoms with Crippen LogP contribution in [0.15, 0.2) is 22.7 Å². The average Bonchev–Trinajstić information content (AvgIpc) is 2.51. The lowest BCUT2D eigenvalue weighted by molar-refractivity contribution is -0.137. The molecule has 0 aliphatic rings. The van der Waals surface area contributed by atoms with E-state index in [-0.39, 0.29) is 37.9 Å². The highest BCUT2D eigenvalue weighted by Gasteiger charge is 2.12. The smallest absolute Gasteiger partial charge is 0.314 e. The molecule has 0 saturated heterocycles. The van der Waals surface area contributed by atoms with Crippen LogP contribution in [0.5, 0.6) is 0 Å². The number of carbonyl (C=O) groups is 2. The Morgan fingerprint density at radius 2 is 2.04 bits per heavy atom. The summed E-state index contributed by atoms with van der Waals surface area (Å²) in [6, 6.07) is 4.21. The van der Waals surface area contributed by atoms with E-state index in [0.717, 1.165) is 5.56 Å². The van der Waals surface area contributed by atoms with Gasteiger partial charge in [0.15, 0.2) is 0 Å². The molecule has 0 fully saturated rings. The van der Waals surface area contributed by atoms with Crippen molar-refractivity contribution in [2.45, 2.75) is 19.3 Å². The number of carboxylic acids is 1. The summed E-state index contributed by atoms with van der Waals surface area (Å²) in [5, 5.41) is 23.0. The fourth-order valence-corrected chi connectivity index (χ4v) is 2.37. The number of hydrogen-bond acceptors (Lipinski definition) is 3. The number of aliphatic hydroxyl groups is 1. The number of carboxylic acid groups (broad SMARTS) is 1. The van der Waals surface area contributed by atoms with Gasteiger partial charge in [-0.25, -0.2) is 9.18 Å². The molecule has 23 heavy (non-hydrogen) atoms. The maximum atomic E-state index is 13.2. The standard InChI is InChI=1S/C15H20BrFN2O4/c16-12-7-10(3-4-13(12)17)6-11(9-20)8-19-15(23)18-5-1-2-14(21)22/h3-4,7,11,20H,1-2,5-6,8-9H2,(H,21,22)(H2,18,19,23). The Bertz CT molecular complexity index is 542. The van der Waals surface area contributed by atoms with Crippen molar-refractivity contribution in [2.24, 2.45) is 5.92 Å². The molecule has 1 atom stereocenters. The van der Waals surface area contributed by atoms with Crippen LogP contribution in [0, 0.1) is 11.7 Å². The lowest BCUT2D eigenvalue weighted by Crippen LogP contribution is -2.39. The van der Waals surface area contributed by atoms with Crippen molar-refractivity contribution in [3.05, 3.63) is 34.1 Å². The third-order valence-electron chi connectivity index (χ3n) is 3.17. The number of carbonyl (C=O) groups excluding carboxylic acids is 1. The maximum absolute atomic E-state index is 13.2. The van der Waals surface area contributed by atoms with E-state index in [0.29, 0.717) is 17.3 Å². The van der Waals surface area contributed by atoms with E-state index in [1.54, 1.807) is 12.1 Å². The van der Waals surface area contributed by atoms with Crippen LogP contribution in [-0.4, -0.2) is 41.9 Å². The molecular weight excluding hydrogens is 371 g/mol. The van der Waals surface area contributed by atoms with Gasteiger partial charge in [-0.15, -0.1) is 0 Å². The van der Waals surface area contributed by atoms with Crippen LogP contribution in [0.4, 0.5) is 9.18 Å². The van der Waals surface area contributed by atoms with E-state index in [9.17, 15) is 19.1 Å². The lowest BCUT2D eigenvalue weighted by atomic mass is 10.00. The van der Waals surface area contributed by atoms with E-state index >= 15 is 0 Å². The minimum absolute atomic E-state index is 0.00100. The second-order valence-electron chi connectivity index (χ2n) is 5.14. The number of nitrogens with one attached hydrogen (secondary N) is 2. The first kappa shape index (κ1) is 19.4. The normalized spacial score (nSPS) is 11.8. The van der Waals surface area contributed by atoms with E-state index in [4.69, 9.17) is 5.11 Å². The van der Waals surface area contributed by atoms with Gasteiger partial charge in [-0.1, -0.05) is 6.07 Å². The molecule has 0 bridgehead atoms. The SMILES string of the molecule is O=C(O)CCCNC(=O)NCC(CO)Cc1ccc(F)c(Br)c1. The van der Waals surface area contributed by atoms with Crippen molar-refractivity contribution in [2.75, 3.05) is 19.7 Å². The first-order valence-electron chi connectivity index (χ1n) is 7.20. The molecule has 1 aromatic carbocycles. The van der Waals surface area contributed by atoms with Gasteiger partial charge in [0.25, 0.3) is 0 Å². The van der Waals surface area contributed by atoms with Crippen molar-refractivity contribution in [3.63, 3.8) is 0 Å². The van der Waals surface area contributed by atoms with E-state index < -0.39 is 12.0 Å². The molecule has 8 heteroatoms. The Morgan fingerprint density at radius 3 is 2.65 bits per heavy atom. The monoisotopic (exact) mass is 390 g/mol. The summed E-state index contributed by atoms with van der Waals surface area (Å²) in [5.41, 5.74) is 0.848. The summed E-state index contributed by atoms with van der Waals surface area (Å²) in [6.45, 7) is 0.414. The predicted molar refractivity (Wildman–Crippen MR) is 86.7 cm³/mol. The first-order chi connectivity index (χ1) is 10.9. The van der Waals surface area contributed by atoms with E-state index in [1.807, 2.05) is 0 Å². The molecule has 1 aromatic rings. The Hall–Kier alpha value is -1.67. The van der Waals surface area contributed by atoms with Crippen LogP contribution in [0.2, 0.25) is 0 Å². The van der Waals surface area contributed by atoms with Gasteiger partial charge < -0.3 is 20.8 Å². The summed E-state index contributed by atoms with van der Waals surface area (Å²) in [5.74, 6) is -1.46. The Morgan fingerprint density at radius 1 is 1.30 bits per heavy atom. The molecule has 2 amide bonds. The second kappa shape index (κ2) is 10.2. The molecule has 0 radical (unpaired) electrons. The van der Waals surface area contributed by atoms with Crippen LogP contribution < -0.4 is 10.6 Å². The number of aliphatic hydroxyl groups excluding tert-OH is 1. The van der Waals surface area contributed by atoms with Gasteiger partial charge in [-0.3, -0.25) is 4.79 Å². The summed E-state index contributed by atoms with van der Waals surface area (Å²) >= 11 is 3.11. The maximum Gasteiger partial charge on any atom is 0.314 e. The Balaban J connectivity index is 2.34. The lowest BCUT2D eigenvalue weighted by Gasteiger charge is -2.16. The number of urea groups is 1. The molecule has 6 nitrogen and oxygen atoms in total. The molecule has 1 rings (SSSR count). The highest BCUT2D eigenvalue weighted by molar-refractivity contribution is 9.10. The van der Waals surface area contributed by atoms with Crippen molar-refractivity contribution in [3.8, 4) is 0 Å². The third kappa shape index (κ3) is 7.94. The van der Waals surface area contributed by atoms with Gasteiger partial charge in [0, 0.05) is 32.0 Å². The molecule has 0 aromatic heterocycles. The van der Waals surface area contributed by atoms with Crippen LogP contribution in [0.3, 0.4) is 0 Å². The number of rotatable bonds is 9. The zero-order valence-corrected chi connectivity index (χ0v) is 14.1. The van der Waals surface area contributed by atoms with Crippen LogP contribution in [0.1, 0.15) is 18.4 Å². The fourth-order valence-electron chi connectivity index (χ4n) is 1.94. The number of amides is 2. The van der Waals surface area contributed by atoms with Crippen molar-refractivity contribution in [1.29, 1.82) is 0 Å². The number of hydrogen-bond donors (Lipinski definition) is 4. The number of halogens is 2. The molecule has 0 aliphatic carbocycles. The zero-order chi connectivity index (χ0) is 17.2. The molecule has 128 valence electrons. The van der Waals surface area contributed by atoms with Crippen LogP contribution in [-0.2, 0) is 11.2 Å². The van der Waals surface area contributed by atoms with Gasteiger partial charge >= 0.3 is 12.0 Å². The minimum atomic E-state index is -0.905. The van der Waals surface area contributed by atoms with Gasteiger partial charge in [-0.2, -0.15) is 0 Å². The molecule has 4 N–H and O–H groups in total. The predicted octanol–water partition coefficient (Wildman–Crippen LogP) is 1.90. The third-order valence-corrected chi connectivity index (χ3v) is 3.78. The largest absolute Gasteiger partial charge is 0.481 e. The molecule has 0 spiro atoms. The highest BCUT2D eigenvalue weighted by Crippen LogP contribution is 2.18. The summed E-state index contributed by atoms with van der Waals surface area (Å²) in [6.07, 6.45) is 0.851. The number of aliphatic carboxylic acids is 1. The van der Waals surface area contributed by atoms with Gasteiger partial charge in [0.1, 0.15) is 5.82 Å². The molecule has 0 heterocycles. The van der Waals surface area contributed by atoms with Crippen molar-refractivity contribution < 1.29 is 24.2 Å². The Labute approximate surface area is 142 Å². The van der Waals surface area contributed by atoms with Crippen LogP contribution >= 0.6 is 15.9 Å². The molecule has 1 unspecified atom stereocenters. The zero-order valence-electron chi connectivity index (χ0n) is 12.5. The second-order valence-corrected chi connectivity index (χ2v) is 5.99. The van der Waals surface area contributed by atoms with E-state index in [2.05, 4.69) is 26.6 Å². The molecular formula is C15H20BrFN2O4. The quantitative estimate of drug-likeness (QED) is 0.484. The summed E-state index contributed by atoms with van der Waals surface area (Å²) in [4.78, 5) is 21.9. The number of benzene rings is 1. The van der Waals surface area contributed by atoms with E-state index in [1.165, 1.54) is 6.07 Å². The Kier molecular flexibility index (Phi) is 8.57. The molecule has 0 saturated carbocycles. The van der Waals surface area contributed by atoms with Crippen LogP contribution in [0.25, 0.3) is 0 Å². The fraction of sp³-hybridized carbons (Fsp3) is 0.467. The average molecular weight is 391 g/mol. The minimum Gasteiger partial charge on any atom is -0.481 e. The first-order valence-corrected chi connectivity index (χ1v) is 8.00. The summed E-state index contributed by atoms with van der Waals surface area (Å²) in [7, 11) is 0. The topological polar surface area (TPSA) is 98.7 Å². The van der Waals surface area contributed by atoms with Gasteiger partial charge in [0.05, 0.1) is 4.47 Å². The summed E-state index contributed by atoms with van der Waals surface area (Å²) < 4.78 is 13.5. The van der Waals surface area contributed by atoms with Crippen molar-refractivity contribution >= 4 is 27.9 Å². The highest BCUT2D eigenvalue weighted by atomic mass is 79.9. The van der Waals surface area contributed by atoms with Gasteiger partial charge in [-0.05, 0) is 46.5 Å².